The molecule has 2 heterocycles. The number of nitrogen functional groups attached to an aromatic ring is 1. The summed E-state index contributed by atoms with van der Waals surface area (Å²) in [6, 6.07) is 8.46. The number of aromatic nitrogens is 1. The lowest BCUT2D eigenvalue weighted by Crippen LogP contribution is -2.19. The molecule has 3 rings (SSSR count). The van der Waals surface area contributed by atoms with Gasteiger partial charge in [0.15, 0.2) is 0 Å². The first kappa shape index (κ1) is 11.1. The van der Waals surface area contributed by atoms with Gasteiger partial charge in [-0.2, -0.15) is 0 Å². The minimum Gasteiger partial charge on any atom is -0.398 e. The van der Waals surface area contributed by atoms with Gasteiger partial charge in [0.05, 0.1) is 0 Å². The Bertz CT molecular complexity index is 563. The Labute approximate surface area is 107 Å². The number of hydrogen-bond acceptors (Lipinski definition) is 3. The van der Waals surface area contributed by atoms with E-state index in [4.69, 9.17) is 5.73 Å². The second kappa shape index (κ2) is 4.33. The number of anilines is 2. The van der Waals surface area contributed by atoms with Gasteiger partial charge in [0.1, 0.15) is 0 Å². The summed E-state index contributed by atoms with van der Waals surface area (Å²) in [4.78, 5) is 6.44. The summed E-state index contributed by atoms with van der Waals surface area (Å²) in [7, 11) is 0. The molecule has 0 saturated heterocycles. The van der Waals surface area contributed by atoms with Crippen LogP contribution in [0.1, 0.15) is 16.7 Å². The molecule has 3 nitrogen and oxygen atoms in total. The molecule has 0 bridgehead atoms. The summed E-state index contributed by atoms with van der Waals surface area (Å²) >= 11 is 0. The van der Waals surface area contributed by atoms with E-state index in [1.165, 1.54) is 22.4 Å². The van der Waals surface area contributed by atoms with Gasteiger partial charge in [-0.05, 0) is 48.2 Å². The van der Waals surface area contributed by atoms with Crippen LogP contribution >= 0.6 is 0 Å². The molecular weight excluding hydrogens is 222 g/mol. The smallest absolute Gasteiger partial charge is 0.0430 e. The fourth-order valence-electron chi connectivity index (χ4n) is 2.52. The summed E-state index contributed by atoms with van der Waals surface area (Å²) in [6.07, 6.45) is 4.80. The molecule has 2 N–H and O–H groups in total. The van der Waals surface area contributed by atoms with Gasteiger partial charge < -0.3 is 10.6 Å². The monoisotopic (exact) mass is 239 g/mol. The lowest BCUT2D eigenvalue weighted by Gasteiger charge is -2.20. The molecule has 2 aromatic rings. The Balaban J connectivity index is 1.89. The molecule has 0 saturated carbocycles. The van der Waals surface area contributed by atoms with Crippen molar-refractivity contribution in [1.29, 1.82) is 0 Å². The highest BCUT2D eigenvalue weighted by Gasteiger charge is 2.20. The maximum absolute atomic E-state index is 6.01. The maximum Gasteiger partial charge on any atom is 0.0430 e. The van der Waals surface area contributed by atoms with Crippen molar-refractivity contribution < 1.29 is 0 Å². The standard InChI is InChI=1S/C15H17N3/c1-11-8-13-4-7-18(15(13)9-14(11)16)10-12-2-5-17-6-3-12/h2-3,5-6,8-9H,4,7,10,16H2,1H3. The molecule has 0 amide bonds. The van der Waals surface area contributed by atoms with Crippen LogP contribution in [0.5, 0.6) is 0 Å². The zero-order valence-corrected chi connectivity index (χ0v) is 10.6. The molecule has 18 heavy (non-hydrogen) atoms. The number of fused-ring (bicyclic) bond motifs is 1. The quantitative estimate of drug-likeness (QED) is 0.819. The number of aryl methyl sites for hydroxylation is 1. The van der Waals surface area contributed by atoms with Gasteiger partial charge in [-0.15, -0.1) is 0 Å². The molecule has 3 heteroatoms. The normalized spacial score (nSPS) is 13.7. The van der Waals surface area contributed by atoms with E-state index in [2.05, 4.69) is 41.1 Å². The Morgan fingerprint density at radius 3 is 2.83 bits per heavy atom. The first-order valence-electron chi connectivity index (χ1n) is 6.27. The zero-order chi connectivity index (χ0) is 12.5. The Hall–Kier alpha value is -2.03. The first-order valence-corrected chi connectivity index (χ1v) is 6.27. The van der Waals surface area contributed by atoms with Gasteiger partial charge in [-0.1, -0.05) is 6.07 Å². The van der Waals surface area contributed by atoms with Crippen molar-refractivity contribution in [2.75, 3.05) is 17.2 Å². The molecule has 0 spiro atoms. The number of pyridine rings is 1. The van der Waals surface area contributed by atoms with Crippen molar-refractivity contribution in [2.24, 2.45) is 0 Å². The second-order valence-electron chi connectivity index (χ2n) is 4.86. The lowest BCUT2D eigenvalue weighted by atomic mass is 10.1. The number of benzene rings is 1. The van der Waals surface area contributed by atoms with Gasteiger partial charge >= 0.3 is 0 Å². The van der Waals surface area contributed by atoms with Crippen LogP contribution in [0.2, 0.25) is 0 Å². The third-order valence-corrected chi connectivity index (χ3v) is 3.58. The number of nitrogens with two attached hydrogens (primary N) is 1. The number of nitrogens with zero attached hydrogens (tertiary/aromatic N) is 2. The van der Waals surface area contributed by atoms with Gasteiger partial charge in [-0.3, -0.25) is 4.98 Å². The summed E-state index contributed by atoms with van der Waals surface area (Å²) < 4.78 is 0. The molecule has 0 radical (unpaired) electrons. The molecular formula is C15H17N3. The molecule has 0 unspecified atom stereocenters. The molecule has 1 aromatic carbocycles. The minimum atomic E-state index is 0.885. The third-order valence-electron chi connectivity index (χ3n) is 3.58. The van der Waals surface area contributed by atoms with Crippen LogP contribution in [0, 0.1) is 6.92 Å². The van der Waals surface area contributed by atoms with E-state index in [1.54, 1.807) is 0 Å². The molecule has 1 aliphatic heterocycles. The third kappa shape index (κ3) is 1.92. The molecule has 1 aromatic heterocycles. The second-order valence-corrected chi connectivity index (χ2v) is 4.86. The van der Waals surface area contributed by atoms with E-state index in [-0.39, 0.29) is 0 Å². The maximum atomic E-state index is 6.01. The Morgan fingerprint density at radius 1 is 1.28 bits per heavy atom. The molecule has 0 atom stereocenters. The summed E-state index contributed by atoms with van der Waals surface area (Å²) in [5, 5.41) is 0. The predicted octanol–water partition coefficient (Wildman–Crippen LogP) is 2.53. The lowest BCUT2D eigenvalue weighted by molar-refractivity contribution is 0.834. The van der Waals surface area contributed by atoms with Crippen LogP contribution in [0.3, 0.4) is 0 Å². The Kier molecular flexibility index (Phi) is 2.67. The van der Waals surface area contributed by atoms with E-state index >= 15 is 0 Å². The zero-order valence-electron chi connectivity index (χ0n) is 10.6. The molecule has 0 fully saturated rings. The van der Waals surface area contributed by atoms with Crippen LogP contribution in [0.25, 0.3) is 0 Å². The van der Waals surface area contributed by atoms with E-state index in [1.807, 2.05) is 12.4 Å². The van der Waals surface area contributed by atoms with E-state index in [9.17, 15) is 0 Å². The molecule has 1 aliphatic rings. The van der Waals surface area contributed by atoms with E-state index in [0.29, 0.717) is 0 Å². The van der Waals surface area contributed by atoms with E-state index in [0.717, 1.165) is 25.2 Å². The fraction of sp³-hybridized carbons (Fsp3) is 0.267. The largest absolute Gasteiger partial charge is 0.398 e. The summed E-state index contributed by atoms with van der Waals surface area (Å²) in [5.74, 6) is 0. The summed E-state index contributed by atoms with van der Waals surface area (Å²) in [6.45, 7) is 4.07. The van der Waals surface area contributed by atoms with Crippen molar-refractivity contribution in [3.8, 4) is 0 Å². The highest BCUT2D eigenvalue weighted by molar-refractivity contribution is 5.67. The van der Waals surface area contributed by atoms with Crippen LogP contribution < -0.4 is 10.6 Å². The molecule has 92 valence electrons. The van der Waals surface area contributed by atoms with Gasteiger partial charge in [0, 0.05) is 36.9 Å². The topological polar surface area (TPSA) is 42.1 Å². The van der Waals surface area contributed by atoms with Gasteiger partial charge in [0.25, 0.3) is 0 Å². The average Bonchev–Trinajstić information content (AvgIpc) is 2.74. The van der Waals surface area contributed by atoms with Crippen molar-refractivity contribution in [1.82, 2.24) is 4.98 Å². The number of rotatable bonds is 2. The van der Waals surface area contributed by atoms with Crippen molar-refractivity contribution in [3.63, 3.8) is 0 Å². The SMILES string of the molecule is Cc1cc2c(cc1N)N(Cc1ccncc1)CC2. The minimum absolute atomic E-state index is 0.885. The van der Waals surface area contributed by atoms with Gasteiger partial charge in [0.2, 0.25) is 0 Å². The number of hydrogen-bond donors (Lipinski definition) is 1. The van der Waals surface area contributed by atoms with Gasteiger partial charge in [-0.25, -0.2) is 0 Å². The fourth-order valence-corrected chi connectivity index (χ4v) is 2.52. The van der Waals surface area contributed by atoms with E-state index < -0.39 is 0 Å². The summed E-state index contributed by atoms with van der Waals surface area (Å²) in [5.41, 5.74) is 12.1. The van der Waals surface area contributed by atoms with Crippen molar-refractivity contribution in [2.45, 2.75) is 19.9 Å². The van der Waals surface area contributed by atoms with Crippen molar-refractivity contribution >= 4 is 11.4 Å². The molecule has 0 aliphatic carbocycles. The predicted molar refractivity (Wildman–Crippen MR) is 74.6 cm³/mol. The van der Waals surface area contributed by atoms with Crippen LogP contribution in [0.4, 0.5) is 11.4 Å². The van der Waals surface area contributed by atoms with Crippen LogP contribution in [-0.2, 0) is 13.0 Å². The van der Waals surface area contributed by atoms with Crippen molar-refractivity contribution in [3.05, 3.63) is 53.3 Å². The Morgan fingerprint density at radius 2 is 2.06 bits per heavy atom. The average molecular weight is 239 g/mol. The first-order chi connectivity index (χ1) is 8.74. The van der Waals surface area contributed by atoms with Crippen LogP contribution in [0.15, 0.2) is 36.7 Å². The highest BCUT2D eigenvalue weighted by atomic mass is 15.1. The van der Waals surface area contributed by atoms with Crippen LogP contribution in [-0.4, -0.2) is 11.5 Å². The highest BCUT2D eigenvalue weighted by Crippen LogP contribution is 2.32.